The maximum absolute atomic E-state index is 12.0. The lowest BCUT2D eigenvalue weighted by atomic mass is 10.2. The van der Waals surface area contributed by atoms with Crippen molar-refractivity contribution in [1.82, 2.24) is 9.88 Å². The summed E-state index contributed by atoms with van der Waals surface area (Å²) >= 11 is 0. The molecule has 0 spiro atoms. The summed E-state index contributed by atoms with van der Waals surface area (Å²) in [6.07, 6.45) is 3.01. The molecule has 0 unspecified atom stereocenters. The molecule has 1 aliphatic heterocycles. The van der Waals surface area contributed by atoms with E-state index < -0.39 is 5.60 Å². The first kappa shape index (κ1) is 15.1. The molecule has 1 aromatic rings. The van der Waals surface area contributed by atoms with E-state index in [1.165, 1.54) is 0 Å². The number of nitriles is 1. The van der Waals surface area contributed by atoms with Crippen LogP contribution in [-0.4, -0.2) is 47.8 Å². The van der Waals surface area contributed by atoms with Crippen molar-refractivity contribution in [2.45, 2.75) is 26.4 Å². The summed E-state index contributed by atoms with van der Waals surface area (Å²) in [4.78, 5) is 19.9. The van der Waals surface area contributed by atoms with Crippen LogP contribution in [-0.2, 0) is 4.74 Å². The van der Waals surface area contributed by atoms with Crippen LogP contribution in [0.25, 0.3) is 0 Å². The van der Waals surface area contributed by atoms with Crippen LogP contribution < -0.4 is 4.90 Å². The Morgan fingerprint density at radius 3 is 2.52 bits per heavy atom. The second kappa shape index (κ2) is 6.00. The zero-order valence-electron chi connectivity index (χ0n) is 12.7. The first-order chi connectivity index (χ1) is 9.89. The third-order valence-corrected chi connectivity index (χ3v) is 3.15. The number of aromatic nitrogens is 1. The average molecular weight is 288 g/mol. The zero-order chi connectivity index (χ0) is 15.5. The summed E-state index contributed by atoms with van der Waals surface area (Å²) in [6.45, 7) is 8.20. The molecule has 0 saturated carbocycles. The Labute approximate surface area is 124 Å². The fourth-order valence-corrected chi connectivity index (χ4v) is 2.14. The molecule has 0 radical (unpaired) electrons. The smallest absolute Gasteiger partial charge is 0.410 e. The predicted octanol–water partition coefficient (Wildman–Crippen LogP) is 2.01. The molecule has 1 aromatic heterocycles. The van der Waals surface area contributed by atoms with Gasteiger partial charge in [-0.05, 0) is 26.8 Å². The Bertz CT molecular complexity index is 552. The SMILES string of the molecule is CC(C)(C)OC(=O)N1CCN(c2cncc(C#N)c2)CC1. The van der Waals surface area contributed by atoms with E-state index in [9.17, 15) is 4.79 Å². The highest BCUT2D eigenvalue weighted by Gasteiger charge is 2.26. The number of hydrogen-bond acceptors (Lipinski definition) is 5. The van der Waals surface area contributed by atoms with Gasteiger partial charge in [0, 0.05) is 32.4 Å². The van der Waals surface area contributed by atoms with Crippen LogP contribution in [0.5, 0.6) is 0 Å². The molecular formula is C15H20N4O2. The lowest BCUT2D eigenvalue weighted by Crippen LogP contribution is -2.50. The molecule has 1 aliphatic rings. The largest absolute Gasteiger partial charge is 0.444 e. The van der Waals surface area contributed by atoms with Crippen molar-refractivity contribution in [2.75, 3.05) is 31.1 Å². The molecule has 0 aromatic carbocycles. The number of hydrogen-bond donors (Lipinski definition) is 0. The fraction of sp³-hybridized carbons (Fsp3) is 0.533. The van der Waals surface area contributed by atoms with Crippen molar-refractivity contribution >= 4 is 11.8 Å². The average Bonchev–Trinajstić information content (AvgIpc) is 2.46. The number of rotatable bonds is 1. The van der Waals surface area contributed by atoms with Gasteiger partial charge >= 0.3 is 6.09 Å². The summed E-state index contributed by atoms with van der Waals surface area (Å²) in [5.41, 5.74) is 0.985. The number of ether oxygens (including phenoxy) is 1. The van der Waals surface area contributed by atoms with Crippen LogP contribution in [0.15, 0.2) is 18.5 Å². The van der Waals surface area contributed by atoms with Gasteiger partial charge in [0.05, 0.1) is 17.4 Å². The first-order valence-electron chi connectivity index (χ1n) is 6.97. The van der Waals surface area contributed by atoms with Gasteiger partial charge in [-0.15, -0.1) is 0 Å². The predicted molar refractivity (Wildman–Crippen MR) is 79.0 cm³/mol. The van der Waals surface area contributed by atoms with E-state index in [0.29, 0.717) is 31.7 Å². The summed E-state index contributed by atoms with van der Waals surface area (Å²) in [6, 6.07) is 3.90. The molecule has 1 fully saturated rings. The van der Waals surface area contributed by atoms with E-state index >= 15 is 0 Å². The van der Waals surface area contributed by atoms with Crippen molar-refractivity contribution < 1.29 is 9.53 Å². The maximum atomic E-state index is 12.0. The number of carbonyl (C=O) groups is 1. The number of pyridine rings is 1. The first-order valence-corrected chi connectivity index (χ1v) is 6.97. The van der Waals surface area contributed by atoms with Gasteiger partial charge in [-0.25, -0.2) is 4.79 Å². The van der Waals surface area contributed by atoms with E-state index in [4.69, 9.17) is 10.00 Å². The monoisotopic (exact) mass is 288 g/mol. The van der Waals surface area contributed by atoms with Crippen LogP contribution in [0.2, 0.25) is 0 Å². The van der Waals surface area contributed by atoms with E-state index in [1.54, 1.807) is 17.3 Å². The Balaban J connectivity index is 1.94. The molecule has 21 heavy (non-hydrogen) atoms. The number of carbonyl (C=O) groups excluding carboxylic acids is 1. The maximum Gasteiger partial charge on any atom is 0.410 e. The molecule has 6 heteroatoms. The molecule has 112 valence electrons. The standard InChI is InChI=1S/C15H20N4O2/c1-15(2,3)21-14(20)19-6-4-18(5-7-19)13-8-12(9-16)10-17-11-13/h8,10-11H,4-7H2,1-3H3. The summed E-state index contributed by atoms with van der Waals surface area (Å²) in [5.74, 6) is 0. The van der Waals surface area contributed by atoms with E-state index in [0.717, 1.165) is 5.69 Å². The number of nitrogens with zero attached hydrogens (tertiary/aromatic N) is 4. The molecule has 0 atom stereocenters. The minimum atomic E-state index is -0.473. The van der Waals surface area contributed by atoms with Crippen LogP contribution in [0.4, 0.5) is 10.5 Å². The Morgan fingerprint density at radius 1 is 1.29 bits per heavy atom. The summed E-state index contributed by atoms with van der Waals surface area (Å²) < 4.78 is 5.37. The van der Waals surface area contributed by atoms with Crippen LogP contribution >= 0.6 is 0 Å². The molecule has 6 nitrogen and oxygen atoms in total. The molecule has 2 heterocycles. The van der Waals surface area contributed by atoms with Gasteiger partial charge in [-0.2, -0.15) is 5.26 Å². The Hall–Kier alpha value is -2.29. The van der Waals surface area contributed by atoms with Gasteiger partial charge in [-0.1, -0.05) is 0 Å². The van der Waals surface area contributed by atoms with Crippen molar-refractivity contribution in [2.24, 2.45) is 0 Å². The molecule has 1 saturated heterocycles. The molecule has 0 N–H and O–H groups in total. The van der Waals surface area contributed by atoms with Gasteiger partial charge in [0.25, 0.3) is 0 Å². The van der Waals surface area contributed by atoms with Gasteiger partial charge in [0.15, 0.2) is 0 Å². The molecular weight excluding hydrogens is 268 g/mol. The molecule has 0 aliphatic carbocycles. The number of piperazine rings is 1. The number of anilines is 1. The highest BCUT2D eigenvalue weighted by molar-refractivity contribution is 5.68. The van der Waals surface area contributed by atoms with E-state index in [1.807, 2.05) is 26.8 Å². The highest BCUT2D eigenvalue weighted by Crippen LogP contribution is 2.18. The van der Waals surface area contributed by atoms with Crippen molar-refractivity contribution in [3.05, 3.63) is 24.0 Å². The van der Waals surface area contributed by atoms with Gasteiger partial charge < -0.3 is 14.5 Å². The van der Waals surface area contributed by atoms with Gasteiger partial charge in [-0.3, -0.25) is 4.98 Å². The Morgan fingerprint density at radius 2 is 1.95 bits per heavy atom. The van der Waals surface area contributed by atoms with Crippen LogP contribution in [0, 0.1) is 11.3 Å². The lowest BCUT2D eigenvalue weighted by Gasteiger charge is -2.36. The van der Waals surface area contributed by atoms with Crippen molar-refractivity contribution in [3.8, 4) is 6.07 Å². The lowest BCUT2D eigenvalue weighted by molar-refractivity contribution is 0.0240. The third-order valence-electron chi connectivity index (χ3n) is 3.15. The fourth-order valence-electron chi connectivity index (χ4n) is 2.14. The third kappa shape index (κ3) is 4.09. The Kier molecular flexibility index (Phi) is 4.32. The van der Waals surface area contributed by atoms with Gasteiger partial charge in [0.2, 0.25) is 0 Å². The van der Waals surface area contributed by atoms with Crippen LogP contribution in [0.3, 0.4) is 0 Å². The quantitative estimate of drug-likeness (QED) is 0.790. The van der Waals surface area contributed by atoms with E-state index in [-0.39, 0.29) is 6.09 Å². The number of amides is 1. The van der Waals surface area contributed by atoms with E-state index in [2.05, 4.69) is 16.0 Å². The minimum Gasteiger partial charge on any atom is -0.444 e. The van der Waals surface area contributed by atoms with Crippen LogP contribution in [0.1, 0.15) is 26.3 Å². The van der Waals surface area contributed by atoms with Gasteiger partial charge in [0.1, 0.15) is 11.7 Å². The highest BCUT2D eigenvalue weighted by atomic mass is 16.6. The summed E-state index contributed by atoms with van der Waals surface area (Å²) in [7, 11) is 0. The second-order valence-corrected chi connectivity index (χ2v) is 6.00. The molecule has 0 bridgehead atoms. The summed E-state index contributed by atoms with van der Waals surface area (Å²) in [5, 5.41) is 8.91. The normalized spacial score (nSPS) is 15.5. The molecule has 2 rings (SSSR count). The minimum absolute atomic E-state index is 0.272. The van der Waals surface area contributed by atoms with Crippen molar-refractivity contribution in [1.29, 1.82) is 5.26 Å². The zero-order valence-corrected chi connectivity index (χ0v) is 12.7. The molecule has 1 amide bonds. The van der Waals surface area contributed by atoms with Crippen molar-refractivity contribution in [3.63, 3.8) is 0 Å². The topological polar surface area (TPSA) is 69.5 Å². The second-order valence-electron chi connectivity index (χ2n) is 6.00.